The minimum Gasteiger partial charge on any atom is -0.318 e. The lowest BCUT2D eigenvalue weighted by Gasteiger charge is -1.75. The van der Waals surface area contributed by atoms with E-state index in [1.807, 2.05) is 0 Å². The van der Waals surface area contributed by atoms with Crippen molar-refractivity contribution in [3.63, 3.8) is 0 Å². The number of carbonyl (C=O) groups excluding carboxylic acids is 1. The lowest BCUT2D eigenvalue weighted by molar-refractivity contribution is -0.140. The molecule has 0 amide bonds. The molecule has 38 valence electrons. The molecule has 0 unspecified atom stereocenters. The van der Waals surface area contributed by atoms with Crippen molar-refractivity contribution in [2.45, 2.75) is 13.3 Å². The number of hydrogen-bond donors (Lipinski definition) is 0. The molecule has 3 heteroatoms. The molecule has 7 heavy (non-hydrogen) atoms. The molecule has 0 bridgehead atoms. The fourth-order valence-corrected chi connectivity index (χ4v) is 0.402. The summed E-state index contributed by atoms with van der Waals surface area (Å²) >= 11 is 0. The Bertz CT molecular complexity index is 128. The summed E-state index contributed by atoms with van der Waals surface area (Å²) in [5, 5.41) is 3.38. The highest BCUT2D eigenvalue weighted by atomic mass is 16.7. The maximum absolute atomic E-state index is 10.1. The largest absolute Gasteiger partial charge is 0.340 e. The van der Waals surface area contributed by atoms with E-state index in [9.17, 15) is 4.79 Å². The molecule has 0 aromatic carbocycles. The molecule has 0 saturated carbocycles. The zero-order valence-electron chi connectivity index (χ0n) is 3.97. The van der Waals surface area contributed by atoms with Gasteiger partial charge in [0.15, 0.2) is 0 Å². The Morgan fingerprint density at radius 1 is 1.86 bits per heavy atom. The molecule has 0 N–H and O–H groups in total. The van der Waals surface area contributed by atoms with Crippen molar-refractivity contribution in [2.75, 3.05) is 0 Å². The fourth-order valence-electron chi connectivity index (χ4n) is 0.402. The first-order chi connectivity index (χ1) is 3.29. The summed E-state index contributed by atoms with van der Waals surface area (Å²) in [4.78, 5) is 14.3. The van der Waals surface area contributed by atoms with E-state index in [-0.39, 0.29) is 5.97 Å². The molecule has 3 nitrogen and oxygen atoms in total. The Balaban J connectivity index is 2.58. The standard InChI is InChI=1S/C4H5NO2/c1-3-2-4(6)7-5-3/h2H2,1H3. The van der Waals surface area contributed by atoms with Crippen LogP contribution >= 0.6 is 0 Å². The highest BCUT2D eigenvalue weighted by molar-refractivity contribution is 6.00. The normalized spacial score (nSPS) is 19.0. The summed E-state index contributed by atoms with van der Waals surface area (Å²) in [7, 11) is 0. The summed E-state index contributed by atoms with van der Waals surface area (Å²) in [5.41, 5.74) is 0.755. The van der Waals surface area contributed by atoms with E-state index in [0.717, 1.165) is 5.71 Å². The van der Waals surface area contributed by atoms with E-state index in [1.165, 1.54) is 0 Å². The van der Waals surface area contributed by atoms with Crippen LogP contribution in [0.1, 0.15) is 13.3 Å². The van der Waals surface area contributed by atoms with Crippen LogP contribution in [-0.2, 0) is 9.63 Å². The van der Waals surface area contributed by atoms with Crippen molar-refractivity contribution >= 4 is 11.7 Å². The molecule has 0 aromatic rings. The lowest BCUT2D eigenvalue weighted by Crippen LogP contribution is -1.92. The Labute approximate surface area is 41.0 Å². The van der Waals surface area contributed by atoms with Crippen LogP contribution in [0, 0.1) is 0 Å². The van der Waals surface area contributed by atoms with E-state index in [0.29, 0.717) is 6.42 Å². The smallest absolute Gasteiger partial charge is 0.318 e. The SMILES string of the molecule is CC1=NOC(=O)C1. The second-order valence-corrected chi connectivity index (χ2v) is 1.47. The second-order valence-electron chi connectivity index (χ2n) is 1.47. The summed E-state index contributed by atoms with van der Waals surface area (Å²) in [6.07, 6.45) is 0.361. The molecule has 0 aromatic heterocycles. The van der Waals surface area contributed by atoms with Gasteiger partial charge in [-0.2, -0.15) is 0 Å². The first kappa shape index (κ1) is 4.30. The highest BCUT2D eigenvalue weighted by Crippen LogP contribution is 1.99. The van der Waals surface area contributed by atoms with Crippen molar-refractivity contribution in [1.82, 2.24) is 0 Å². The fraction of sp³-hybridized carbons (Fsp3) is 0.500. The van der Waals surface area contributed by atoms with Gasteiger partial charge < -0.3 is 4.84 Å². The zero-order valence-corrected chi connectivity index (χ0v) is 3.97. The Morgan fingerprint density at radius 2 is 2.57 bits per heavy atom. The van der Waals surface area contributed by atoms with Gasteiger partial charge in [0.2, 0.25) is 0 Å². The third-order valence-electron chi connectivity index (χ3n) is 0.703. The summed E-state index contributed by atoms with van der Waals surface area (Å²) in [5.74, 6) is -0.252. The van der Waals surface area contributed by atoms with Crippen LogP contribution in [0.5, 0.6) is 0 Å². The third kappa shape index (κ3) is 0.765. The highest BCUT2D eigenvalue weighted by Gasteiger charge is 2.11. The van der Waals surface area contributed by atoms with Crippen LogP contribution in [0.2, 0.25) is 0 Å². The van der Waals surface area contributed by atoms with E-state index < -0.39 is 0 Å². The number of carbonyl (C=O) groups is 1. The van der Waals surface area contributed by atoms with Crippen molar-refractivity contribution in [3.8, 4) is 0 Å². The number of nitrogens with zero attached hydrogens (tertiary/aromatic N) is 1. The van der Waals surface area contributed by atoms with Gasteiger partial charge in [-0.1, -0.05) is 5.16 Å². The molecular formula is C4H5NO2. The summed E-state index contributed by atoms with van der Waals surface area (Å²) in [6.45, 7) is 1.75. The molecule has 0 fully saturated rings. The molecule has 0 spiro atoms. The van der Waals surface area contributed by atoms with Gasteiger partial charge >= 0.3 is 5.97 Å². The maximum atomic E-state index is 10.1. The third-order valence-corrected chi connectivity index (χ3v) is 0.703. The number of rotatable bonds is 0. The van der Waals surface area contributed by atoms with Gasteiger partial charge in [-0.25, -0.2) is 4.79 Å². The maximum Gasteiger partial charge on any atom is 0.340 e. The Morgan fingerprint density at radius 3 is 2.71 bits per heavy atom. The van der Waals surface area contributed by atoms with Crippen LogP contribution in [0.15, 0.2) is 5.16 Å². The van der Waals surface area contributed by atoms with Crippen molar-refractivity contribution in [2.24, 2.45) is 5.16 Å². The number of oxime groups is 1. The van der Waals surface area contributed by atoms with Crippen LogP contribution in [0.4, 0.5) is 0 Å². The molecule has 1 heterocycles. The molecule has 0 saturated heterocycles. The summed E-state index contributed by atoms with van der Waals surface area (Å²) in [6, 6.07) is 0. The molecule has 0 atom stereocenters. The van der Waals surface area contributed by atoms with Crippen molar-refractivity contribution in [3.05, 3.63) is 0 Å². The summed E-state index contributed by atoms with van der Waals surface area (Å²) < 4.78 is 0. The average Bonchev–Trinajstić information content (AvgIpc) is 1.87. The quantitative estimate of drug-likeness (QED) is 0.410. The van der Waals surface area contributed by atoms with Crippen LogP contribution < -0.4 is 0 Å². The van der Waals surface area contributed by atoms with Gasteiger partial charge in [0.25, 0.3) is 0 Å². The van der Waals surface area contributed by atoms with E-state index in [1.54, 1.807) is 6.92 Å². The van der Waals surface area contributed by atoms with Crippen molar-refractivity contribution in [1.29, 1.82) is 0 Å². The molecule has 1 rings (SSSR count). The Kier molecular flexibility index (Phi) is 0.817. The van der Waals surface area contributed by atoms with E-state index in [4.69, 9.17) is 0 Å². The first-order valence-corrected chi connectivity index (χ1v) is 2.02. The molecular weight excluding hydrogens is 94.0 g/mol. The monoisotopic (exact) mass is 99.0 g/mol. The second kappa shape index (κ2) is 1.33. The predicted octanol–water partition coefficient (Wildman–Crippen LogP) is 0.309. The van der Waals surface area contributed by atoms with Gasteiger partial charge in [-0.3, -0.25) is 0 Å². The van der Waals surface area contributed by atoms with E-state index >= 15 is 0 Å². The zero-order chi connectivity index (χ0) is 5.28. The molecule has 0 aliphatic carbocycles. The topological polar surface area (TPSA) is 38.7 Å². The molecule has 1 aliphatic rings. The Hall–Kier alpha value is -0.860. The van der Waals surface area contributed by atoms with Gasteiger partial charge in [-0.15, -0.1) is 0 Å². The van der Waals surface area contributed by atoms with Gasteiger partial charge in [0, 0.05) is 0 Å². The van der Waals surface area contributed by atoms with Crippen molar-refractivity contribution < 1.29 is 9.63 Å². The van der Waals surface area contributed by atoms with Crippen LogP contribution in [0.3, 0.4) is 0 Å². The number of hydrogen-bond acceptors (Lipinski definition) is 3. The lowest BCUT2D eigenvalue weighted by atomic mass is 10.3. The average molecular weight is 99.1 g/mol. The minimum absolute atomic E-state index is 0.252. The van der Waals surface area contributed by atoms with Crippen LogP contribution in [-0.4, -0.2) is 11.7 Å². The van der Waals surface area contributed by atoms with E-state index in [2.05, 4.69) is 9.99 Å². The van der Waals surface area contributed by atoms with Gasteiger partial charge in [-0.05, 0) is 6.92 Å². The minimum atomic E-state index is -0.252. The van der Waals surface area contributed by atoms with Gasteiger partial charge in [0.05, 0.1) is 12.1 Å². The van der Waals surface area contributed by atoms with Gasteiger partial charge in [0.1, 0.15) is 0 Å². The first-order valence-electron chi connectivity index (χ1n) is 2.02. The van der Waals surface area contributed by atoms with Crippen LogP contribution in [0.25, 0.3) is 0 Å². The predicted molar refractivity (Wildman–Crippen MR) is 23.8 cm³/mol. The molecule has 0 radical (unpaired) electrons. The molecule has 1 aliphatic heterocycles.